The second-order valence-corrected chi connectivity index (χ2v) is 2.71. The maximum Gasteiger partial charge on any atom is 0.257 e. The van der Waals surface area contributed by atoms with Crippen molar-refractivity contribution < 1.29 is 4.79 Å². The highest BCUT2D eigenvalue weighted by Gasteiger charge is 1.98. The first-order valence-electron chi connectivity index (χ1n) is 3.88. The number of carbonyl (C=O) groups is 1. The lowest BCUT2D eigenvalue weighted by atomic mass is 10.2. The number of fused-ring (bicyclic) bond motifs is 1. The molecule has 0 saturated heterocycles. The number of aromatic nitrogens is 1. The lowest BCUT2D eigenvalue weighted by molar-refractivity contribution is 0.547. The van der Waals surface area contributed by atoms with Crippen molar-refractivity contribution in [1.29, 1.82) is 0 Å². The van der Waals surface area contributed by atoms with E-state index in [0.29, 0.717) is 11.9 Å². The van der Waals surface area contributed by atoms with Gasteiger partial charge in [-0.1, -0.05) is 18.2 Å². The van der Waals surface area contributed by atoms with Crippen LogP contribution in [-0.2, 0) is 4.79 Å². The standard InChI is InChI=1S/C10H7NO2/c12-7-11-9-4-2-1-3-8(9)5-6-10(11)13/h1-7H. The summed E-state index contributed by atoms with van der Waals surface area (Å²) in [6, 6.07) is 10.3. The van der Waals surface area contributed by atoms with Crippen molar-refractivity contribution in [2.75, 3.05) is 0 Å². The molecule has 0 N–H and O–H groups in total. The topological polar surface area (TPSA) is 39.1 Å². The number of pyridine rings is 1. The van der Waals surface area contributed by atoms with Crippen molar-refractivity contribution in [3.63, 3.8) is 0 Å². The summed E-state index contributed by atoms with van der Waals surface area (Å²) < 4.78 is 1.09. The Balaban J connectivity index is 3.00. The molecule has 0 fully saturated rings. The van der Waals surface area contributed by atoms with E-state index in [1.54, 1.807) is 18.2 Å². The lowest BCUT2D eigenvalue weighted by Gasteiger charge is -2.00. The van der Waals surface area contributed by atoms with Crippen molar-refractivity contribution in [2.45, 2.75) is 0 Å². The van der Waals surface area contributed by atoms with Crippen LogP contribution in [0, 0.1) is 0 Å². The Kier molecular flexibility index (Phi) is 1.70. The molecule has 2 aromatic rings. The van der Waals surface area contributed by atoms with E-state index < -0.39 is 0 Å². The van der Waals surface area contributed by atoms with E-state index in [4.69, 9.17) is 0 Å². The fourth-order valence-corrected chi connectivity index (χ4v) is 1.32. The van der Waals surface area contributed by atoms with Crippen molar-refractivity contribution in [2.24, 2.45) is 0 Å². The summed E-state index contributed by atoms with van der Waals surface area (Å²) in [5.41, 5.74) is 0.346. The number of benzene rings is 1. The first kappa shape index (κ1) is 7.73. The van der Waals surface area contributed by atoms with Gasteiger partial charge >= 0.3 is 0 Å². The minimum Gasteiger partial charge on any atom is -0.278 e. The zero-order valence-corrected chi connectivity index (χ0v) is 6.81. The zero-order chi connectivity index (χ0) is 9.26. The highest BCUT2D eigenvalue weighted by atomic mass is 16.2. The molecule has 13 heavy (non-hydrogen) atoms. The van der Waals surface area contributed by atoms with Crippen LogP contribution in [-0.4, -0.2) is 11.0 Å². The molecule has 0 aliphatic rings. The molecule has 0 saturated carbocycles. The predicted molar refractivity (Wildman–Crippen MR) is 50.4 cm³/mol. The molecule has 0 unspecified atom stereocenters. The maximum absolute atomic E-state index is 11.2. The fraction of sp³-hybridized carbons (Fsp3) is 0. The minimum atomic E-state index is -0.297. The molecule has 0 amide bonds. The van der Waals surface area contributed by atoms with Crippen LogP contribution in [0.4, 0.5) is 0 Å². The molecule has 0 aliphatic carbocycles. The van der Waals surface area contributed by atoms with Gasteiger partial charge in [-0.3, -0.25) is 9.59 Å². The normalized spacial score (nSPS) is 10.2. The van der Waals surface area contributed by atoms with Crippen molar-refractivity contribution >= 4 is 17.3 Å². The summed E-state index contributed by atoms with van der Waals surface area (Å²) in [6.45, 7) is 0. The first-order valence-corrected chi connectivity index (χ1v) is 3.88. The molecule has 64 valence electrons. The Bertz CT molecular complexity index is 514. The van der Waals surface area contributed by atoms with Gasteiger partial charge in [0.2, 0.25) is 6.41 Å². The van der Waals surface area contributed by atoms with Crippen molar-refractivity contribution in [3.05, 3.63) is 46.8 Å². The average Bonchev–Trinajstić information content (AvgIpc) is 2.18. The molecule has 0 bridgehead atoms. The maximum atomic E-state index is 11.2. The highest BCUT2D eigenvalue weighted by molar-refractivity contribution is 5.83. The van der Waals surface area contributed by atoms with E-state index in [1.165, 1.54) is 6.07 Å². The number of rotatable bonds is 1. The quantitative estimate of drug-likeness (QED) is 0.604. The molecular weight excluding hydrogens is 166 g/mol. The number of para-hydroxylation sites is 1. The third-order valence-corrected chi connectivity index (χ3v) is 1.94. The molecule has 1 aromatic heterocycles. The summed E-state index contributed by atoms with van der Waals surface area (Å²) in [4.78, 5) is 21.8. The molecular formula is C10H7NO2. The van der Waals surface area contributed by atoms with Crippen LogP contribution in [0.2, 0.25) is 0 Å². The van der Waals surface area contributed by atoms with Crippen LogP contribution in [0.1, 0.15) is 0 Å². The Morgan fingerprint density at radius 2 is 1.85 bits per heavy atom. The fourth-order valence-electron chi connectivity index (χ4n) is 1.32. The highest BCUT2D eigenvalue weighted by Crippen LogP contribution is 2.08. The third-order valence-electron chi connectivity index (χ3n) is 1.94. The minimum absolute atomic E-state index is 0.297. The Hall–Kier alpha value is -1.90. The summed E-state index contributed by atoms with van der Waals surface area (Å²) in [6.07, 6.45) is 0.532. The molecule has 2 rings (SSSR count). The molecule has 0 atom stereocenters. The van der Waals surface area contributed by atoms with Crippen LogP contribution in [0.15, 0.2) is 41.2 Å². The summed E-state index contributed by atoms with van der Waals surface area (Å²) in [5, 5.41) is 0.884. The zero-order valence-electron chi connectivity index (χ0n) is 6.81. The van der Waals surface area contributed by atoms with E-state index in [1.807, 2.05) is 12.1 Å². The van der Waals surface area contributed by atoms with E-state index in [9.17, 15) is 9.59 Å². The number of nitrogens with zero attached hydrogens (tertiary/aromatic N) is 1. The molecule has 3 heteroatoms. The monoisotopic (exact) mass is 173 g/mol. The molecule has 3 nitrogen and oxygen atoms in total. The van der Waals surface area contributed by atoms with E-state index in [-0.39, 0.29) is 5.56 Å². The number of hydrogen-bond donors (Lipinski definition) is 0. The Morgan fingerprint density at radius 1 is 1.08 bits per heavy atom. The Morgan fingerprint density at radius 3 is 2.62 bits per heavy atom. The summed E-state index contributed by atoms with van der Waals surface area (Å²) >= 11 is 0. The molecule has 0 aliphatic heterocycles. The van der Waals surface area contributed by atoms with E-state index >= 15 is 0 Å². The van der Waals surface area contributed by atoms with Gasteiger partial charge in [0.15, 0.2) is 0 Å². The van der Waals surface area contributed by atoms with Crippen LogP contribution in [0.25, 0.3) is 10.9 Å². The van der Waals surface area contributed by atoms with Gasteiger partial charge in [0, 0.05) is 6.07 Å². The predicted octanol–water partition coefficient (Wildman–Crippen LogP) is 1.04. The first-order chi connectivity index (χ1) is 6.33. The van der Waals surface area contributed by atoms with E-state index in [0.717, 1.165) is 9.95 Å². The molecule has 1 aromatic carbocycles. The van der Waals surface area contributed by atoms with Gasteiger partial charge in [-0.15, -0.1) is 0 Å². The van der Waals surface area contributed by atoms with Gasteiger partial charge < -0.3 is 0 Å². The van der Waals surface area contributed by atoms with E-state index in [2.05, 4.69) is 0 Å². The van der Waals surface area contributed by atoms with Gasteiger partial charge in [-0.25, -0.2) is 4.57 Å². The van der Waals surface area contributed by atoms with Crippen molar-refractivity contribution in [1.82, 2.24) is 4.57 Å². The molecule has 0 spiro atoms. The van der Waals surface area contributed by atoms with Crippen LogP contribution >= 0.6 is 0 Å². The second-order valence-electron chi connectivity index (χ2n) is 2.71. The number of hydrogen-bond acceptors (Lipinski definition) is 2. The Labute approximate surface area is 74.2 Å². The third kappa shape index (κ3) is 1.14. The van der Waals surface area contributed by atoms with Crippen LogP contribution < -0.4 is 5.56 Å². The van der Waals surface area contributed by atoms with Gasteiger partial charge in [-0.05, 0) is 17.5 Å². The summed E-state index contributed by atoms with van der Waals surface area (Å²) in [7, 11) is 0. The smallest absolute Gasteiger partial charge is 0.257 e. The number of carbonyl (C=O) groups excluding carboxylic acids is 1. The SMILES string of the molecule is O=Cn1c(=O)ccc2ccccc21. The average molecular weight is 173 g/mol. The molecule has 0 radical (unpaired) electrons. The van der Waals surface area contributed by atoms with Crippen molar-refractivity contribution in [3.8, 4) is 0 Å². The van der Waals surface area contributed by atoms with Gasteiger partial charge in [0.1, 0.15) is 0 Å². The second kappa shape index (κ2) is 2.86. The van der Waals surface area contributed by atoms with Crippen LogP contribution in [0.3, 0.4) is 0 Å². The van der Waals surface area contributed by atoms with Crippen LogP contribution in [0.5, 0.6) is 0 Å². The van der Waals surface area contributed by atoms with Gasteiger partial charge in [0.05, 0.1) is 5.52 Å². The largest absolute Gasteiger partial charge is 0.278 e. The van der Waals surface area contributed by atoms with Gasteiger partial charge in [-0.2, -0.15) is 0 Å². The lowest BCUT2D eigenvalue weighted by Crippen LogP contribution is -2.18. The van der Waals surface area contributed by atoms with Gasteiger partial charge in [0.25, 0.3) is 5.56 Å². The summed E-state index contributed by atoms with van der Waals surface area (Å²) in [5.74, 6) is 0. The molecule has 1 heterocycles.